The Bertz CT molecular complexity index is 907. The van der Waals surface area contributed by atoms with Gasteiger partial charge in [-0.05, 0) is 92.4 Å². The van der Waals surface area contributed by atoms with Crippen molar-refractivity contribution < 1.29 is 34.8 Å². The molecule has 37 heavy (non-hydrogen) atoms. The molecule has 0 saturated heterocycles. The van der Waals surface area contributed by atoms with Crippen LogP contribution in [0.1, 0.15) is 91.4 Å². The fourth-order valence-electron chi connectivity index (χ4n) is 8.91. The number of carboxylic acid groups (broad SMARTS) is 1. The number of ether oxygens (including phenoxy) is 1. The van der Waals surface area contributed by atoms with Crippen LogP contribution in [-0.4, -0.2) is 62.8 Å². The Balaban J connectivity index is 0.000000307. The Labute approximate surface area is 220 Å². The van der Waals surface area contributed by atoms with Crippen LogP contribution >= 0.6 is 0 Å². The molecule has 0 spiro atoms. The molecule has 5 rings (SSSR count). The van der Waals surface area contributed by atoms with Gasteiger partial charge in [0, 0.05) is 11.5 Å². The summed E-state index contributed by atoms with van der Waals surface area (Å²) in [5.74, 6) is -0.242. The van der Waals surface area contributed by atoms with Crippen LogP contribution in [0.15, 0.2) is 11.6 Å². The molecule has 0 amide bonds. The minimum atomic E-state index is -0.906. The lowest BCUT2D eigenvalue weighted by Crippen LogP contribution is -2.67. The van der Waals surface area contributed by atoms with Crippen molar-refractivity contribution in [1.82, 2.24) is 0 Å². The molecule has 0 aromatic rings. The number of esters is 1. The number of unbranched alkanes of at least 4 members (excludes halogenated alkanes) is 1. The summed E-state index contributed by atoms with van der Waals surface area (Å²) in [6, 6.07) is -0.662. The minimum Gasteiger partial charge on any atom is -0.480 e. The lowest BCUT2D eigenvalue weighted by Gasteiger charge is -2.64. The van der Waals surface area contributed by atoms with E-state index < -0.39 is 29.1 Å². The van der Waals surface area contributed by atoms with Crippen molar-refractivity contribution in [2.75, 3.05) is 6.61 Å². The number of carbonyl (C=O) groups is 2. The Hall–Kier alpha value is -1.48. The zero-order valence-electron chi connectivity index (χ0n) is 22.7. The Morgan fingerprint density at radius 1 is 1.14 bits per heavy atom. The van der Waals surface area contributed by atoms with Crippen LogP contribution in [0.3, 0.4) is 0 Å². The van der Waals surface area contributed by atoms with Crippen molar-refractivity contribution in [2.24, 2.45) is 40.2 Å². The molecule has 210 valence electrons. The van der Waals surface area contributed by atoms with Gasteiger partial charge in [-0.25, -0.2) is 4.79 Å². The van der Waals surface area contributed by atoms with Crippen LogP contribution in [0, 0.1) is 34.5 Å². The summed E-state index contributed by atoms with van der Waals surface area (Å²) in [4.78, 5) is 21.7. The number of cyclic esters (lactones) is 1. The number of hydrogen-bond acceptors (Lipinski definition) is 7. The molecule has 4 saturated carbocycles. The SMILES string of the molecule is CCCCC(N)C(=O)O.C[C@]12CC[C@H](O)C[C@H]1CC[C@@H]1[C@@H]2C[C@@H](O)[C@]2(C)[C@@H](C3=CC(=O)OC3)CC[C@]12O. The van der Waals surface area contributed by atoms with E-state index in [4.69, 9.17) is 15.6 Å². The summed E-state index contributed by atoms with van der Waals surface area (Å²) in [7, 11) is 0. The van der Waals surface area contributed by atoms with E-state index in [0.717, 1.165) is 56.9 Å². The molecule has 1 unspecified atom stereocenters. The smallest absolute Gasteiger partial charge is 0.331 e. The fraction of sp³-hybridized carbons (Fsp3) is 0.862. The Kier molecular flexibility index (Phi) is 8.16. The van der Waals surface area contributed by atoms with E-state index in [1.807, 2.05) is 13.8 Å². The zero-order valence-corrected chi connectivity index (χ0v) is 22.7. The van der Waals surface area contributed by atoms with Gasteiger partial charge in [-0.3, -0.25) is 4.79 Å². The molecule has 8 nitrogen and oxygen atoms in total. The van der Waals surface area contributed by atoms with E-state index >= 15 is 0 Å². The van der Waals surface area contributed by atoms with Crippen molar-refractivity contribution in [3.8, 4) is 0 Å². The highest BCUT2D eigenvalue weighted by atomic mass is 16.5. The van der Waals surface area contributed by atoms with Crippen molar-refractivity contribution in [2.45, 2.75) is 115 Å². The average Bonchev–Trinajstić information content (AvgIpc) is 3.40. The molecule has 0 aromatic carbocycles. The van der Waals surface area contributed by atoms with Crippen molar-refractivity contribution in [3.63, 3.8) is 0 Å². The highest BCUT2D eigenvalue weighted by molar-refractivity contribution is 5.85. The molecule has 0 radical (unpaired) electrons. The maximum atomic E-state index is 12.1. The third-order valence-corrected chi connectivity index (χ3v) is 11.2. The predicted molar refractivity (Wildman–Crippen MR) is 138 cm³/mol. The standard InChI is InChI=1S/C23H34O5.C6H13NO2/c1-21-7-5-15(24)10-14(21)3-4-17-18(21)11-19(25)22(2)16(6-8-23(17,22)27)13-9-20(26)28-12-13;1-2-3-4-5(7)6(8)9/h9,14-19,24-25,27H,3-8,10-12H2,1-2H3;5H,2-4,7H2,1H3,(H,8,9)/t14-,15+,16-,17-,18+,19-,21+,22+,23+;/m1./s1. The number of nitrogens with two attached hydrogens (primary N) is 1. The van der Waals surface area contributed by atoms with Gasteiger partial charge in [0.2, 0.25) is 0 Å². The normalized spacial score (nSPS) is 45.4. The number of aliphatic hydroxyl groups excluding tert-OH is 2. The van der Waals surface area contributed by atoms with Gasteiger partial charge in [-0.15, -0.1) is 0 Å². The van der Waals surface area contributed by atoms with Crippen LogP contribution in [0.25, 0.3) is 0 Å². The second-order valence-corrected chi connectivity index (χ2v) is 12.9. The van der Waals surface area contributed by atoms with E-state index in [0.29, 0.717) is 37.7 Å². The maximum Gasteiger partial charge on any atom is 0.331 e. The highest BCUT2D eigenvalue weighted by Crippen LogP contribution is 2.69. The third kappa shape index (κ3) is 4.77. The Morgan fingerprint density at radius 2 is 1.86 bits per heavy atom. The van der Waals surface area contributed by atoms with Crippen LogP contribution in [0.2, 0.25) is 0 Å². The quantitative estimate of drug-likeness (QED) is 0.346. The topological polar surface area (TPSA) is 150 Å². The molecule has 4 fully saturated rings. The molecule has 0 bridgehead atoms. The molecule has 5 aliphatic rings. The molecule has 1 heterocycles. The predicted octanol–water partition coefficient (Wildman–Crippen LogP) is 3.16. The molecular weight excluding hydrogens is 474 g/mol. The molecule has 8 heteroatoms. The van der Waals surface area contributed by atoms with E-state index in [-0.39, 0.29) is 29.3 Å². The number of hydrogen-bond donors (Lipinski definition) is 5. The fourth-order valence-corrected chi connectivity index (χ4v) is 8.91. The lowest BCUT2D eigenvalue weighted by molar-refractivity contribution is -0.244. The Morgan fingerprint density at radius 3 is 2.49 bits per heavy atom. The average molecular weight is 522 g/mol. The number of aliphatic hydroxyl groups is 3. The summed E-state index contributed by atoms with van der Waals surface area (Å²) in [6.45, 7) is 6.70. The van der Waals surface area contributed by atoms with Gasteiger partial charge in [0.15, 0.2) is 0 Å². The molecular formula is C29H47NO7. The van der Waals surface area contributed by atoms with Crippen LogP contribution in [0.5, 0.6) is 0 Å². The maximum absolute atomic E-state index is 12.1. The van der Waals surface area contributed by atoms with Crippen molar-refractivity contribution in [1.29, 1.82) is 0 Å². The van der Waals surface area contributed by atoms with Gasteiger partial charge in [0.25, 0.3) is 0 Å². The number of carboxylic acids is 1. The van der Waals surface area contributed by atoms with Crippen molar-refractivity contribution >= 4 is 11.9 Å². The van der Waals surface area contributed by atoms with E-state index in [9.17, 15) is 24.9 Å². The molecule has 10 atom stereocenters. The van der Waals surface area contributed by atoms with Gasteiger partial charge in [-0.2, -0.15) is 0 Å². The lowest BCUT2D eigenvalue weighted by atomic mass is 9.42. The monoisotopic (exact) mass is 521 g/mol. The molecule has 6 N–H and O–H groups in total. The van der Waals surface area contributed by atoms with Gasteiger partial charge < -0.3 is 30.9 Å². The molecule has 1 aliphatic heterocycles. The second kappa shape index (κ2) is 10.6. The van der Waals surface area contributed by atoms with Crippen LogP contribution in [0.4, 0.5) is 0 Å². The summed E-state index contributed by atoms with van der Waals surface area (Å²) in [6.07, 6.45) is 10.2. The van der Waals surface area contributed by atoms with Gasteiger partial charge in [0.1, 0.15) is 12.6 Å². The van der Waals surface area contributed by atoms with E-state index in [2.05, 4.69) is 6.92 Å². The highest BCUT2D eigenvalue weighted by Gasteiger charge is 2.70. The number of rotatable bonds is 5. The minimum absolute atomic E-state index is 0.00129. The van der Waals surface area contributed by atoms with Crippen LogP contribution < -0.4 is 5.73 Å². The van der Waals surface area contributed by atoms with Gasteiger partial charge in [-0.1, -0.05) is 33.6 Å². The number of fused-ring (bicyclic) bond motifs is 5. The summed E-state index contributed by atoms with van der Waals surface area (Å²) >= 11 is 0. The van der Waals surface area contributed by atoms with Gasteiger partial charge in [0.05, 0.1) is 17.8 Å². The van der Waals surface area contributed by atoms with E-state index in [1.54, 1.807) is 6.08 Å². The first-order valence-electron chi connectivity index (χ1n) is 14.3. The largest absolute Gasteiger partial charge is 0.480 e. The molecule has 4 aliphatic carbocycles. The molecule has 0 aromatic heterocycles. The summed E-state index contributed by atoms with van der Waals surface area (Å²) < 4.78 is 5.16. The van der Waals surface area contributed by atoms with Gasteiger partial charge >= 0.3 is 11.9 Å². The zero-order chi connectivity index (χ0) is 27.2. The third-order valence-electron chi connectivity index (χ3n) is 11.2. The first-order chi connectivity index (χ1) is 17.4. The summed E-state index contributed by atoms with van der Waals surface area (Å²) in [5, 5.41) is 42.0. The number of aliphatic carboxylic acids is 1. The summed E-state index contributed by atoms with van der Waals surface area (Å²) in [5.41, 5.74) is 4.70. The van der Waals surface area contributed by atoms with Crippen molar-refractivity contribution in [3.05, 3.63) is 11.6 Å². The second-order valence-electron chi connectivity index (χ2n) is 12.9. The van der Waals surface area contributed by atoms with Crippen LogP contribution in [-0.2, 0) is 14.3 Å². The number of carbonyl (C=O) groups excluding carboxylic acids is 1. The van der Waals surface area contributed by atoms with E-state index in [1.165, 1.54) is 0 Å². The first-order valence-corrected chi connectivity index (χ1v) is 14.3. The first kappa shape index (κ1) is 28.5.